The van der Waals surface area contributed by atoms with Crippen molar-refractivity contribution >= 4 is 35.0 Å². The van der Waals surface area contributed by atoms with Crippen LogP contribution in [0.1, 0.15) is 6.92 Å². The Hall–Kier alpha value is 0.790. The molecule has 56 valence electrons. The maximum Gasteiger partial charge on any atom is 0.274 e. The van der Waals surface area contributed by atoms with Crippen molar-refractivity contribution in [2.45, 2.75) is 17.0 Å². The van der Waals surface area contributed by atoms with Crippen molar-refractivity contribution in [2.75, 3.05) is 5.75 Å². The van der Waals surface area contributed by atoms with Crippen LogP contribution in [0, 0.1) is 0 Å². The van der Waals surface area contributed by atoms with Crippen LogP contribution in [0.15, 0.2) is 0 Å². The van der Waals surface area contributed by atoms with Crippen LogP contribution in [0.3, 0.4) is 0 Å². The standard InChI is InChI=1S/C4H6Cl2F2S/c1-2-9-4(6,8)3(5)7/h3H,2H2,1H3. The number of thioether (sulfide) groups is 1. The Morgan fingerprint density at radius 2 is 2.22 bits per heavy atom. The van der Waals surface area contributed by atoms with Crippen LogP contribution >= 0.6 is 35.0 Å². The fraction of sp³-hybridized carbons (Fsp3) is 1.00. The third-order valence-corrected chi connectivity index (χ3v) is 2.53. The number of hydrogen-bond acceptors (Lipinski definition) is 1. The van der Waals surface area contributed by atoms with E-state index in [0.29, 0.717) is 17.5 Å². The molecule has 0 aromatic rings. The van der Waals surface area contributed by atoms with Gasteiger partial charge in [-0.15, -0.1) is 11.8 Å². The van der Waals surface area contributed by atoms with Gasteiger partial charge in [0.1, 0.15) is 0 Å². The first kappa shape index (κ1) is 9.79. The summed E-state index contributed by atoms with van der Waals surface area (Å²) in [6, 6.07) is 0. The van der Waals surface area contributed by atoms with E-state index in [1.807, 2.05) is 0 Å². The Labute approximate surface area is 66.9 Å². The second-order valence-electron chi connectivity index (χ2n) is 1.30. The van der Waals surface area contributed by atoms with Gasteiger partial charge in [0.15, 0.2) is 0 Å². The lowest BCUT2D eigenvalue weighted by molar-refractivity contribution is 0.276. The number of halogens is 4. The highest BCUT2D eigenvalue weighted by molar-refractivity contribution is 8.01. The molecule has 0 radical (unpaired) electrons. The van der Waals surface area contributed by atoms with E-state index in [-0.39, 0.29) is 0 Å². The molecule has 0 N–H and O–H groups in total. The topological polar surface area (TPSA) is 0 Å². The smallest absolute Gasteiger partial charge is 0.224 e. The molecule has 0 saturated heterocycles. The van der Waals surface area contributed by atoms with Crippen LogP contribution in [0.2, 0.25) is 0 Å². The Bertz CT molecular complexity index is 86.6. The molecule has 0 nitrogen and oxygen atoms in total. The SMILES string of the molecule is CCSC(F)(Cl)C(F)Cl. The second-order valence-corrected chi connectivity index (χ2v) is 3.91. The van der Waals surface area contributed by atoms with Gasteiger partial charge in [-0.05, 0) is 5.75 Å². The number of alkyl halides is 4. The maximum absolute atomic E-state index is 12.4. The molecule has 0 spiro atoms. The number of hydrogen-bond donors (Lipinski definition) is 0. The molecule has 0 rings (SSSR count). The summed E-state index contributed by atoms with van der Waals surface area (Å²) in [6.07, 6.45) is 0. The monoisotopic (exact) mass is 194 g/mol. The van der Waals surface area contributed by atoms with Crippen molar-refractivity contribution in [1.29, 1.82) is 0 Å². The van der Waals surface area contributed by atoms with Crippen molar-refractivity contribution in [3.05, 3.63) is 0 Å². The minimum absolute atomic E-state index is 0.396. The molecular formula is C4H6Cl2F2S. The predicted octanol–water partition coefficient (Wildman–Crippen LogP) is 3.14. The van der Waals surface area contributed by atoms with Crippen molar-refractivity contribution in [3.8, 4) is 0 Å². The van der Waals surface area contributed by atoms with Gasteiger partial charge in [-0.25, -0.2) is 8.78 Å². The normalized spacial score (nSPS) is 21.0. The Morgan fingerprint density at radius 3 is 2.33 bits per heavy atom. The summed E-state index contributed by atoms with van der Waals surface area (Å²) in [4.78, 5) is 0. The summed E-state index contributed by atoms with van der Waals surface area (Å²) in [5.74, 6) is 0.396. The van der Waals surface area contributed by atoms with Crippen molar-refractivity contribution < 1.29 is 8.78 Å². The summed E-state index contributed by atoms with van der Waals surface area (Å²) >= 11 is 10.3. The predicted molar refractivity (Wildman–Crippen MR) is 38.6 cm³/mol. The largest absolute Gasteiger partial charge is 0.274 e. The van der Waals surface area contributed by atoms with Gasteiger partial charge < -0.3 is 0 Å². The van der Waals surface area contributed by atoms with Crippen LogP contribution in [0.25, 0.3) is 0 Å². The molecule has 0 bridgehead atoms. The summed E-state index contributed by atoms with van der Waals surface area (Å²) in [6.45, 7) is 1.67. The highest BCUT2D eigenvalue weighted by atomic mass is 35.5. The average Bonchev–Trinajstić information content (AvgIpc) is 1.65. The summed E-state index contributed by atoms with van der Waals surface area (Å²) in [5.41, 5.74) is -2.15. The highest BCUT2D eigenvalue weighted by Crippen LogP contribution is 2.38. The fourth-order valence-corrected chi connectivity index (χ4v) is 1.28. The summed E-state index contributed by atoms with van der Waals surface area (Å²) in [5, 5.41) is 0. The van der Waals surface area contributed by atoms with Crippen LogP contribution in [-0.2, 0) is 0 Å². The molecule has 0 saturated carbocycles. The summed E-state index contributed by atoms with van der Waals surface area (Å²) in [7, 11) is 0. The molecule has 2 unspecified atom stereocenters. The van der Waals surface area contributed by atoms with Gasteiger partial charge in [-0.1, -0.05) is 30.1 Å². The van der Waals surface area contributed by atoms with Gasteiger partial charge in [0.25, 0.3) is 4.46 Å². The average molecular weight is 195 g/mol. The van der Waals surface area contributed by atoms with E-state index in [0.717, 1.165) is 0 Å². The first-order chi connectivity index (χ1) is 4.00. The van der Waals surface area contributed by atoms with E-state index < -0.39 is 10.1 Å². The minimum atomic E-state index is -2.46. The van der Waals surface area contributed by atoms with E-state index in [2.05, 4.69) is 0 Å². The summed E-state index contributed by atoms with van der Waals surface area (Å²) < 4.78 is 21.9. The van der Waals surface area contributed by atoms with E-state index in [1.54, 1.807) is 6.92 Å². The zero-order chi connectivity index (χ0) is 7.49. The first-order valence-corrected chi connectivity index (χ1v) is 4.10. The maximum atomic E-state index is 12.4. The van der Waals surface area contributed by atoms with Gasteiger partial charge in [0.05, 0.1) is 0 Å². The minimum Gasteiger partial charge on any atom is -0.224 e. The molecular weight excluding hydrogens is 189 g/mol. The van der Waals surface area contributed by atoms with Crippen LogP contribution in [0.5, 0.6) is 0 Å². The van der Waals surface area contributed by atoms with E-state index in [9.17, 15) is 8.78 Å². The van der Waals surface area contributed by atoms with Crippen molar-refractivity contribution in [1.82, 2.24) is 0 Å². The molecule has 0 amide bonds. The fourth-order valence-electron chi connectivity index (χ4n) is 0.255. The van der Waals surface area contributed by atoms with Gasteiger partial charge in [0.2, 0.25) is 5.63 Å². The van der Waals surface area contributed by atoms with Gasteiger partial charge in [0, 0.05) is 0 Å². The Balaban J connectivity index is 3.70. The van der Waals surface area contributed by atoms with Crippen molar-refractivity contribution in [3.63, 3.8) is 0 Å². The molecule has 2 atom stereocenters. The van der Waals surface area contributed by atoms with Crippen LogP contribution in [-0.4, -0.2) is 15.8 Å². The molecule has 5 heteroatoms. The Kier molecular flexibility index (Phi) is 4.17. The molecule has 0 aliphatic carbocycles. The van der Waals surface area contributed by atoms with Crippen molar-refractivity contribution in [2.24, 2.45) is 0 Å². The molecule has 0 heterocycles. The van der Waals surface area contributed by atoms with Gasteiger partial charge in [-0.3, -0.25) is 0 Å². The van der Waals surface area contributed by atoms with E-state index in [1.165, 1.54) is 0 Å². The molecule has 9 heavy (non-hydrogen) atoms. The van der Waals surface area contributed by atoms with Gasteiger partial charge >= 0.3 is 0 Å². The molecule has 0 aliphatic heterocycles. The first-order valence-electron chi connectivity index (χ1n) is 2.30. The lowest BCUT2D eigenvalue weighted by Crippen LogP contribution is -2.19. The highest BCUT2D eigenvalue weighted by Gasteiger charge is 2.35. The van der Waals surface area contributed by atoms with E-state index >= 15 is 0 Å². The third-order valence-electron chi connectivity index (χ3n) is 0.591. The van der Waals surface area contributed by atoms with Gasteiger partial charge in [-0.2, -0.15) is 0 Å². The molecule has 0 aromatic heterocycles. The third kappa shape index (κ3) is 3.48. The number of rotatable bonds is 3. The second kappa shape index (κ2) is 3.84. The zero-order valence-electron chi connectivity index (χ0n) is 4.70. The zero-order valence-corrected chi connectivity index (χ0v) is 7.03. The Morgan fingerprint density at radius 1 is 1.78 bits per heavy atom. The lowest BCUT2D eigenvalue weighted by Gasteiger charge is -2.14. The van der Waals surface area contributed by atoms with Crippen LogP contribution in [0.4, 0.5) is 8.78 Å². The molecule has 0 aliphatic rings. The lowest BCUT2D eigenvalue weighted by atomic mass is 10.8. The van der Waals surface area contributed by atoms with Crippen LogP contribution < -0.4 is 0 Å². The quantitative estimate of drug-likeness (QED) is 0.623. The van der Waals surface area contributed by atoms with E-state index in [4.69, 9.17) is 23.2 Å². The molecule has 0 aromatic carbocycles. The molecule has 0 fully saturated rings.